The van der Waals surface area contributed by atoms with E-state index in [1.165, 1.54) is 0 Å². The molecule has 1 radical (unpaired) electrons. The predicted molar refractivity (Wildman–Crippen MR) is 19.0 cm³/mol. The van der Waals surface area contributed by atoms with Crippen LogP contribution in [-0.2, 0) is 4.79 Å². The summed E-state index contributed by atoms with van der Waals surface area (Å²) in [6, 6.07) is 0. The van der Waals surface area contributed by atoms with E-state index >= 15 is 0 Å². The first-order valence-electron chi connectivity index (χ1n) is 1.64. The van der Waals surface area contributed by atoms with Gasteiger partial charge in [-0.1, -0.05) is 0 Å². The van der Waals surface area contributed by atoms with Crippen molar-refractivity contribution in [1.82, 2.24) is 5.73 Å². The molecular weight excluding hydrogens is 104 g/mol. The fourth-order valence-corrected chi connectivity index (χ4v) is 0.0701. The minimum atomic E-state index is -2.24. The lowest BCUT2D eigenvalue weighted by Gasteiger charge is -1.90. The van der Waals surface area contributed by atoms with Gasteiger partial charge in [0.25, 0.3) is 5.91 Å². The Hall–Kier alpha value is -0.670. The first-order valence-corrected chi connectivity index (χ1v) is 1.64. The number of nitrogens with one attached hydrogen (secondary N) is 1. The molecule has 0 saturated carbocycles. The molecule has 0 aliphatic rings. The molecule has 1 N–H and O–H groups in total. The molecule has 0 fully saturated rings. The maximum atomic E-state index is 11.3. The van der Waals surface area contributed by atoms with Crippen LogP contribution in [0, 0.1) is 0 Å². The van der Waals surface area contributed by atoms with Crippen LogP contribution in [0.5, 0.6) is 0 Å². The van der Waals surface area contributed by atoms with E-state index in [0.717, 1.165) is 0 Å². The van der Waals surface area contributed by atoms with Crippen LogP contribution in [0.3, 0.4) is 0 Å². The molecule has 1 unspecified atom stereocenters. The lowest BCUT2D eigenvalue weighted by molar-refractivity contribution is -0.123. The first-order chi connectivity index (χ1) is 3.18. The van der Waals surface area contributed by atoms with Gasteiger partial charge in [-0.15, -0.1) is 0 Å². The van der Waals surface area contributed by atoms with Gasteiger partial charge in [0, 0.05) is 0 Å². The van der Waals surface area contributed by atoms with Gasteiger partial charge in [-0.2, -0.15) is 0 Å². The Morgan fingerprint density at radius 1 is 1.86 bits per heavy atom. The summed E-state index contributed by atoms with van der Waals surface area (Å²) in [5.74, 6) is -1.50. The van der Waals surface area contributed by atoms with Gasteiger partial charge in [0.15, 0.2) is 0 Å². The zero-order chi connectivity index (χ0) is 5.86. The average molecular weight is 108 g/mol. The summed E-state index contributed by atoms with van der Waals surface area (Å²) in [5, 5.41) is 0. The van der Waals surface area contributed by atoms with Crippen molar-refractivity contribution in [2.75, 3.05) is 6.67 Å². The van der Waals surface area contributed by atoms with Crippen LogP contribution in [0.25, 0.3) is 0 Å². The second-order valence-electron chi connectivity index (χ2n) is 0.986. The van der Waals surface area contributed by atoms with Crippen LogP contribution in [0.4, 0.5) is 8.78 Å². The topological polar surface area (TPSA) is 40.9 Å². The van der Waals surface area contributed by atoms with Crippen molar-refractivity contribution >= 4 is 5.91 Å². The molecule has 4 heteroatoms. The fourth-order valence-electron chi connectivity index (χ4n) is 0.0701. The number of hydrogen-bond donors (Lipinski definition) is 0. The van der Waals surface area contributed by atoms with Gasteiger partial charge in [-0.25, -0.2) is 8.78 Å². The normalized spacial score (nSPS) is 13.4. The molecule has 7 heavy (non-hydrogen) atoms. The third kappa shape index (κ3) is 2.08. The maximum absolute atomic E-state index is 11.3. The zero-order valence-electron chi connectivity index (χ0n) is 3.45. The quantitative estimate of drug-likeness (QED) is 0.494. The first kappa shape index (κ1) is 6.33. The third-order valence-corrected chi connectivity index (χ3v) is 0.420. The van der Waals surface area contributed by atoms with Crippen molar-refractivity contribution in [2.45, 2.75) is 6.17 Å². The molecule has 0 aromatic heterocycles. The van der Waals surface area contributed by atoms with Crippen molar-refractivity contribution in [2.24, 2.45) is 0 Å². The Morgan fingerprint density at radius 2 is 2.29 bits per heavy atom. The molecule has 0 aromatic rings. The summed E-state index contributed by atoms with van der Waals surface area (Å²) in [4.78, 5) is 9.43. The minimum absolute atomic E-state index is 1.39. The number of carbonyl (C=O) groups excluding carboxylic acids is 1. The molecule has 0 heterocycles. The molecule has 1 amide bonds. The van der Waals surface area contributed by atoms with E-state index < -0.39 is 18.8 Å². The van der Waals surface area contributed by atoms with E-state index in [4.69, 9.17) is 5.73 Å². The molecule has 2 nitrogen and oxygen atoms in total. The Morgan fingerprint density at radius 3 is 2.29 bits per heavy atom. The summed E-state index contributed by atoms with van der Waals surface area (Å²) in [6.45, 7) is -1.39. The highest BCUT2D eigenvalue weighted by Gasteiger charge is 2.11. The summed E-state index contributed by atoms with van der Waals surface area (Å²) < 4.78 is 22.3. The third-order valence-electron chi connectivity index (χ3n) is 0.420. The Bertz CT molecular complexity index is 75.3. The van der Waals surface area contributed by atoms with Gasteiger partial charge >= 0.3 is 0 Å². The average Bonchev–Trinajstić information content (AvgIpc) is 1.65. The monoisotopic (exact) mass is 108 g/mol. The van der Waals surface area contributed by atoms with E-state index in [1.807, 2.05) is 0 Å². The second-order valence-corrected chi connectivity index (χ2v) is 0.986. The Labute approximate surface area is 39.3 Å². The molecule has 0 bridgehead atoms. The summed E-state index contributed by atoms with van der Waals surface area (Å²) >= 11 is 0. The lowest BCUT2D eigenvalue weighted by Crippen LogP contribution is -2.17. The minimum Gasteiger partial charge on any atom is -0.270 e. The summed E-state index contributed by atoms with van der Waals surface area (Å²) in [5.41, 5.74) is 5.93. The van der Waals surface area contributed by atoms with Crippen molar-refractivity contribution in [1.29, 1.82) is 0 Å². The Balaban J connectivity index is 3.34. The second kappa shape index (κ2) is 2.49. The number of halogens is 2. The summed E-state index contributed by atoms with van der Waals surface area (Å²) in [6.07, 6.45) is -2.24. The number of hydrogen-bond acceptors (Lipinski definition) is 1. The zero-order valence-corrected chi connectivity index (χ0v) is 3.45. The standard InChI is InChI=1S/C3H4F2NO/c4-1-2(5)3(6)7/h2,6H,1H2. The van der Waals surface area contributed by atoms with E-state index in [2.05, 4.69) is 0 Å². The SMILES string of the molecule is [NH]C(=O)C(F)CF. The molecule has 0 aliphatic carbocycles. The molecule has 0 aliphatic heterocycles. The largest absolute Gasteiger partial charge is 0.275 e. The van der Waals surface area contributed by atoms with Gasteiger partial charge in [0.1, 0.15) is 6.67 Å². The molecule has 0 aromatic carbocycles. The van der Waals surface area contributed by atoms with E-state index in [0.29, 0.717) is 0 Å². The smallest absolute Gasteiger partial charge is 0.270 e. The van der Waals surface area contributed by atoms with Gasteiger partial charge in [-0.05, 0) is 0 Å². The number of carbonyl (C=O) groups is 1. The lowest BCUT2D eigenvalue weighted by atomic mass is 10.4. The number of alkyl halides is 2. The summed E-state index contributed by atoms with van der Waals surface area (Å²) in [7, 11) is 0. The van der Waals surface area contributed by atoms with Crippen LogP contribution in [-0.4, -0.2) is 18.8 Å². The highest BCUT2D eigenvalue weighted by atomic mass is 19.2. The molecule has 0 rings (SSSR count). The highest BCUT2D eigenvalue weighted by molar-refractivity contribution is 5.77. The van der Waals surface area contributed by atoms with E-state index in [1.54, 1.807) is 0 Å². The van der Waals surface area contributed by atoms with Gasteiger partial charge in [0.05, 0.1) is 0 Å². The van der Waals surface area contributed by atoms with E-state index in [9.17, 15) is 13.6 Å². The van der Waals surface area contributed by atoms with Crippen LogP contribution >= 0.6 is 0 Å². The number of amides is 1. The molecule has 41 valence electrons. The van der Waals surface area contributed by atoms with Crippen LogP contribution in [0.15, 0.2) is 0 Å². The predicted octanol–water partition coefficient (Wildman–Crippen LogP) is 0.103. The van der Waals surface area contributed by atoms with Gasteiger partial charge < -0.3 is 0 Å². The van der Waals surface area contributed by atoms with Gasteiger partial charge in [0.2, 0.25) is 6.17 Å². The van der Waals surface area contributed by atoms with Crippen LogP contribution in [0.2, 0.25) is 0 Å². The molecule has 0 saturated heterocycles. The van der Waals surface area contributed by atoms with Crippen molar-refractivity contribution in [3.63, 3.8) is 0 Å². The Kier molecular flexibility index (Phi) is 2.26. The maximum Gasteiger partial charge on any atom is 0.275 e. The molecule has 0 spiro atoms. The van der Waals surface area contributed by atoms with Crippen LogP contribution < -0.4 is 5.73 Å². The van der Waals surface area contributed by atoms with Crippen molar-refractivity contribution in [3.8, 4) is 0 Å². The number of rotatable bonds is 2. The van der Waals surface area contributed by atoms with E-state index in [-0.39, 0.29) is 0 Å². The van der Waals surface area contributed by atoms with Crippen molar-refractivity contribution in [3.05, 3.63) is 0 Å². The molecule has 1 atom stereocenters. The van der Waals surface area contributed by atoms with Crippen LogP contribution in [0.1, 0.15) is 0 Å². The van der Waals surface area contributed by atoms with Gasteiger partial charge in [-0.3, -0.25) is 10.5 Å². The van der Waals surface area contributed by atoms with Crippen molar-refractivity contribution < 1.29 is 13.6 Å². The highest BCUT2D eigenvalue weighted by Crippen LogP contribution is 1.88. The fraction of sp³-hybridized carbons (Fsp3) is 0.667. The molecular formula is C3H4F2NO.